The Morgan fingerprint density at radius 2 is 2.00 bits per heavy atom. The molecule has 1 atom stereocenters. The molecule has 1 saturated carbocycles. The molecule has 82 valence electrons. The molecular formula is C11H21NO2. The van der Waals surface area contributed by atoms with E-state index in [1.165, 1.54) is 19.3 Å². The van der Waals surface area contributed by atoms with Gasteiger partial charge in [0.15, 0.2) is 0 Å². The number of esters is 1. The third kappa shape index (κ3) is 2.47. The third-order valence-corrected chi connectivity index (χ3v) is 3.17. The highest BCUT2D eigenvalue weighted by Crippen LogP contribution is 2.31. The van der Waals surface area contributed by atoms with Crippen LogP contribution in [0, 0.1) is 5.92 Å². The lowest BCUT2D eigenvalue weighted by molar-refractivity contribution is -0.151. The van der Waals surface area contributed by atoms with Crippen molar-refractivity contribution in [1.29, 1.82) is 0 Å². The standard InChI is InChI=1S/C11H21NO2/c1-3-14-10(13)11(2,12)9-7-5-4-6-8-9/h9H,3-8,12H2,1-2H3/t11-/m0/s1. The first kappa shape index (κ1) is 11.5. The van der Waals surface area contributed by atoms with Gasteiger partial charge >= 0.3 is 5.97 Å². The monoisotopic (exact) mass is 199 g/mol. The Labute approximate surface area is 86.0 Å². The molecule has 0 aromatic heterocycles. The van der Waals surface area contributed by atoms with Crippen LogP contribution in [0.1, 0.15) is 46.0 Å². The van der Waals surface area contributed by atoms with Gasteiger partial charge < -0.3 is 10.5 Å². The van der Waals surface area contributed by atoms with Gasteiger partial charge in [-0.2, -0.15) is 0 Å². The van der Waals surface area contributed by atoms with E-state index in [0.29, 0.717) is 12.5 Å². The summed E-state index contributed by atoms with van der Waals surface area (Å²) in [6.07, 6.45) is 5.78. The third-order valence-electron chi connectivity index (χ3n) is 3.17. The second-order valence-electron chi connectivity index (χ2n) is 4.34. The second-order valence-corrected chi connectivity index (χ2v) is 4.34. The van der Waals surface area contributed by atoms with Gasteiger partial charge in [-0.15, -0.1) is 0 Å². The fraction of sp³-hybridized carbons (Fsp3) is 0.909. The van der Waals surface area contributed by atoms with Gasteiger partial charge in [0, 0.05) is 0 Å². The zero-order valence-electron chi connectivity index (χ0n) is 9.21. The van der Waals surface area contributed by atoms with E-state index < -0.39 is 5.54 Å². The van der Waals surface area contributed by atoms with Crippen LogP contribution in [0.3, 0.4) is 0 Å². The first-order chi connectivity index (χ1) is 6.59. The summed E-state index contributed by atoms with van der Waals surface area (Å²) >= 11 is 0. The van der Waals surface area contributed by atoms with E-state index in [9.17, 15) is 4.79 Å². The summed E-state index contributed by atoms with van der Waals surface area (Å²) in [7, 11) is 0. The molecule has 1 fully saturated rings. The lowest BCUT2D eigenvalue weighted by Gasteiger charge is -2.34. The number of hydrogen-bond acceptors (Lipinski definition) is 3. The van der Waals surface area contributed by atoms with Gasteiger partial charge in [0.05, 0.1) is 6.61 Å². The van der Waals surface area contributed by atoms with Crippen LogP contribution >= 0.6 is 0 Å². The van der Waals surface area contributed by atoms with Crippen molar-refractivity contribution in [2.45, 2.75) is 51.5 Å². The van der Waals surface area contributed by atoms with Crippen LogP contribution in [-0.2, 0) is 9.53 Å². The summed E-state index contributed by atoms with van der Waals surface area (Å²) in [4.78, 5) is 11.6. The number of rotatable bonds is 3. The molecule has 1 rings (SSSR count). The molecule has 0 aliphatic heterocycles. The molecule has 0 unspecified atom stereocenters. The molecule has 0 spiro atoms. The lowest BCUT2D eigenvalue weighted by atomic mass is 9.76. The Bertz CT molecular complexity index is 195. The molecule has 0 amide bonds. The molecule has 1 aliphatic carbocycles. The van der Waals surface area contributed by atoms with Crippen molar-refractivity contribution < 1.29 is 9.53 Å². The minimum atomic E-state index is -0.781. The summed E-state index contributed by atoms with van der Waals surface area (Å²) in [6.45, 7) is 4.04. The molecule has 2 N–H and O–H groups in total. The van der Waals surface area contributed by atoms with Crippen LogP contribution in [0.25, 0.3) is 0 Å². The molecule has 0 saturated heterocycles. The highest BCUT2D eigenvalue weighted by molar-refractivity contribution is 5.80. The highest BCUT2D eigenvalue weighted by atomic mass is 16.5. The molecule has 0 radical (unpaired) electrons. The van der Waals surface area contributed by atoms with E-state index in [4.69, 9.17) is 10.5 Å². The van der Waals surface area contributed by atoms with Gasteiger partial charge in [0.2, 0.25) is 0 Å². The molecular weight excluding hydrogens is 178 g/mol. The van der Waals surface area contributed by atoms with Crippen LogP contribution in [-0.4, -0.2) is 18.1 Å². The summed E-state index contributed by atoms with van der Waals surface area (Å²) < 4.78 is 5.00. The van der Waals surface area contributed by atoms with Crippen LogP contribution < -0.4 is 5.73 Å². The van der Waals surface area contributed by atoms with Crippen LogP contribution in [0.15, 0.2) is 0 Å². The molecule has 3 heteroatoms. The van der Waals surface area contributed by atoms with E-state index in [2.05, 4.69) is 0 Å². The topological polar surface area (TPSA) is 52.3 Å². The predicted octanol–water partition coefficient (Wildman–Crippen LogP) is 1.85. The van der Waals surface area contributed by atoms with Crippen molar-refractivity contribution >= 4 is 5.97 Å². The van der Waals surface area contributed by atoms with Gasteiger partial charge in [0.25, 0.3) is 0 Å². The Hall–Kier alpha value is -0.570. The van der Waals surface area contributed by atoms with E-state index in [1.807, 2.05) is 6.92 Å². The largest absolute Gasteiger partial charge is 0.465 e. The summed E-state index contributed by atoms with van der Waals surface area (Å²) in [5.74, 6) is 0.0576. The van der Waals surface area contributed by atoms with Gasteiger partial charge in [-0.1, -0.05) is 19.3 Å². The van der Waals surface area contributed by atoms with Crippen molar-refractivity contribution in [3.8, 4) is 0 Å². The van der Waals surface area contributed by atoms with Crippen molar-refractivity contribution in [3.63, 3.8) is 0 Å². The maximum absolute atomic E-state index is 11.6. The number of carbonyl (C=O) groups is 1. The smallest absolute Gasteiger partial charge is 0.326 e. The summed E-state index contributed by atoms with van der Waals surface area (Å²) in [6, 6.07) is 0. The van der Waals surface area contributed by atoms with Crippen molar-refractivity contribution in [2.75, 3.05) is 6.61 Å². The Morgan fingerprint density at radius 3 is 2.50 bits per heavy atom. The van der Waals surface area contributed by atoms with E-state index in [-0.39, 0.29) is 5.97 Å². The quantitative estimate of drug-likeness (QED) is 0.706. The van der Waals surface area contributed by atoms with Crippen LogP contribution in [0.2, 0.25) is 0 Å². The maximum atomic E-state index is 11.6. The number of carbonyl (C=O) groups excluding carboxylic acids is 1. The van der Waals surface area contributed by atoms with Gasteiger partial charge in [0.1, 0.15) is 5.54 Å². The molecule has 0 aromatic carbocycles. The predicted molar refractivity (Wildman–Crippen MR) is 55.8 cm³/mol. The minimum absolute atomic E-state index is 0.244. The first-order valence-electron chi connectivity index (χ1n) is 5.55. The molecule has 0 bridgehead atoms. The maximum Gasteiger partial charge on any atom is 0.326 e. The zero-order valence-corrected chi connectivity index (χ0v) is 9.21. The normalized spacial score (nSPS) is 22.8. The van der Waals surface area contributed by atoms with E-state index in [1.54, 1.807) is 6.92 Å². The molecule has 0 heterocycles. The van der Waals surface area contributed by atoms with Crippen molar-refractivity contribution in [3.05, 3.63) is 0 Å². The highest BCUT2D eigenvalue weighted by Gasteiger charge is 2.39. The minimum Gasteiger partial charge on any atom is -0.465 e. The van der Waals surface area contributed by atoms with E-state index in [0.717, 1.165) is 12.8 Å². The van der Waals surface area contributed by atoms with Crippen LogP contribution in [0.4, 0.5) is 0 Å². The van der Waals surface area contributed by atoms with Crippen molar-refractivity contribution in [2.24, 2.45) is 11.7 Å². The van der Waals surface area contributed by atoms with Gasteiger partial charge in [-0.25, -0.2) is 0 Å². The molecule has 14 heavy (non-hydrogen) atoms. The Kier molecular flexibility index (Phi) is 3.93. The number of ether oxygens (including phenoxy) is 1. The number of hydrogen-bond donors (Lipinski definition) is 1. The fourth-order valence-corrected chi connectivity index (χ4v) is 2.16. The lowest BCUT2D eigenvalue weighted by Crippen LogP contribution is -2.52. The Morgan fingerprint density at radius 1 is 1.43 bits per heavy atom. The average Bonchev–Trinajstić information content (AvgIpc) is 2.19. The summed E-state index contributed by atoms with van der Waals surface area (Å²) in [5, 5.41) is 0. The second kappa shape index (κ2) is 4.78. The van der Waals surface area contributed by atoms with E-state index >= 15 is 0 Å². The zero-order chi connectivity index (χ0) is 10.6. The fourth-order valence-electron chi connectivity index (χ4n) is 2.16. The van der Waals surface area contributed by atoms with Crippen LogP contribution in [0.5, 0.6) is 0 Å². The number of nitrogens with two attached hydrogens (primary N) is 1. The molecule has 1 aliphatic rings. The van der Waals surface area contributed by atoms with Gasteiger partial charge in [-0.05, 0) is 32.6 Å². The Balaban J connectivity index is 2.57. The molecule has 3 nitrogen and oxygen atoms in total. The molecule has 0 aromatic rings. The summed E-state index contributed by atoms with van der Waals surface area (Å²) in [5.41, 5.74) is 5.27. The SMILES string of the molecule is CCOC(=O)[C@@](C)(N)C1CCCCC1. The van der Waals surface area contributed by atoms with Crippen molar-refractivity contribution in [1.82, 2.24) is 0 Å². The van der Waals surface area contributed by atoms with Gasteiger partial charge in [-0.3, -0.25) is 4.79 Å². The average molecular weight is 199 g/mol. The first-order valence-corrected chi connectivity index (χ1v) is 5.55.